The van der Waals surface area contributed by atoms with Crippen LogP contribution in [0.3, 0.4) is 0 Å². The fraction of sp³-hybridized carbons (Fsp3) is 0.857. The molecular formula is C7H16N2O. The zero-order chi connectivity index (χ0) is 8.15. The maximum Gasteiger partial charge on any atom is 0.221 e. The second-order valence-electron chi connectivity index (χ2n) is 2.90. The fourth-order valence-corrected chi connectivity index (χ4v) is 0.673. The Hall–Kier alpha value is -0.570. The number of amides is 1. The number of carbonyl (C=O) groups is 1. The van der Waals surface area contributed by atoms with Crippen molar-refractivity contribution >= 4 is 5.91 Å². The molecule has 0 bridgehead atoms. The van der Waals surface area contributed by atoms with Crippen LogP contribution in [-0.4, -0.2) is 18.0 Å². The van der Waals surface area contributed by atoms with E-state index in [2.05, 4.69) is 5.32 Å². The molecular weight excluding hydrogens is 128 g/mol. The van der Waals surface area contributed by atoms with Crippen LogP contribution in [-0.2, 0) is 4.79 Å². The number of rotatable bonds is 3. The lowest BCUT2D eigenvalue weighted by molar-refractivity contribution is -0.121. The quantitative estimate of drug-likeness (QED) is 0.596. The molecule has 0 aromatic rings. The summed E-state index contributed by atoms with van der Waals surface area (Å²) in [6, 6.07) is 0.171. The zero-order valence-electron chi connectivity index (χ0n) is 6.85. The van der Waals surface area contributed by atoms with E-state index in [1.165, 1.54) is 0 Å². The fourth-order valence-electron chi connectivity index (χ4n) is 0.673. The Balaban J connectivity index is 3.44. The van der Waals surface area contributed by atoms with Gasteiger partial charge in [0.05, 0.1) is 0 Å². The van der Waals surface area contributed by atoms with Crippen molar-refractivity contribution in [3.05, 3.63) is 0 Å². The normalized spacial score (nSPS) is 13.3. The van der Waals surface area contributed by atoms with Gasteiger partial charge in [-0.15, -0.1) is 0 Å². The smallest absolute Gasteiger partial charge is 0.221 e. The number of hydrogen-bond donors (Lipinski definition) is 2. The molecule has 60 valence electrons. The zero-order valence-corrected chi connectivity index (χ0v) is 6.85. The Morgan fingerprint density at radius 3 is 2.30 bits per heavy atom. The van der Waals surface area contributed by atoms with E-state index in [0.717, 1.165) is 0 Å². The van der Waals surface area contributed by atoms with Gasteiger partial charge < -0.3 is 11.1 Å². The van der Waals surface area contributed by atoms with E-state index in [1.807, 2.05) is 20.8 Å². The summed E-state index contributed by atoms with van der Waals surface area (Å²) in [4.78, 5) is 10.9. The van der Waals surface area contributed by atoms with Gasteiger partial charge in [0, 0.05) is 18.5 Å². The first kappa shape index (κ1) is 9.43. The van der Waals surface area contributed by atoms with Gasteiger partial charge in [-0.2, -0.15) is 0 Å². The van der Waals surface area contributed by atoms with E-state index >= 15 is 0 Å². The lowest BCUT2D eigenvalue weighted by atomic mass is 10.2. The summed E-state index contributed by atoms with van der Waals surface area (Å²) in [6.45, 7) is 5.68. The van der Waals surface area contributed by atoms with Gasteiger partial charge in [-0.05, 0) is 20.8 Å². The van der Waals surface area contributed by atoms with Crippen LogP contribution in [0.15, 0.2) is 0 Å². The third-order valence-corrected chi connectivity index (χ3v) is 0.957. The van der Waals surface area contributed by atoms with Crippen molar-refractivity contribution in [3.8, 4) is 0 Å². The number of hydrogen-bond acceptors (Lipinski definition) is 2. The molecule has 0 fully saturated rings. The molecule has 0 aliphatic carbocycles. The first-order chi connectivity index (χ1) is 4.52. The molecule has 0 radical (unpaired) electrons. The Kier molecular flexibility index (Phi) is 4.03. The molecule has 10 heavy (non-hydrogen) atoms. The third-order valence-electron chi connectivity index (χ3n) is 0.957. The van der Waals surface area contributed by atoms with E-state index in [-0.39, 0.29) is 18.0 Å². The highest BCUT2D eigenvalue weighted by Gasteiger charge is 2.04. The van der Waals surface area contributed by atoms with Gasteiger partial charge in [0.1, 0.15) is 0 Å². The standard InChI is InChI=1S/C7H16N2O/c1-5(2)9-7(10)4-6(3)8/h5-6H,4,8H2,1-3H3,(H,9,10)/t6-/m0/s1. The van der Waals surface area contributed by atoms with Crippen molar-refractivity contribution in [2.45, 2.75) is 39.3 Å². The molecule has 0 aromatic heterocycles. The molecule has 1 atom stereocenters. The van der Waals surface area contributed by atoms with E-state index < -0.39 is 0 Å². The van der Waals surface area contributed by atoms with Gasteiger partial charge >= 0.3 is 0 Å². The van der Waals surface area contributed by atoms with E-state index in [1.54, 1.807) is 0 Å². The highest BCUT2D eigenvalue weighted by atomic mass is 16.1. The molecule has 0 aliphatic rings. The van der Waals surface area contributed by atoms with Crippen LogP contribution in [0.4, 0.5) is 0 Å². The lowest BCUT2D eigenvalue weighted by Gasteiger charge is -2.09. The Morgan fingerprint density at radius 2 is 2.00 bits per heavy atom. The van der Waals surface area contributed by atoms with Crippen LogP contribution in [0, 0.1) is 0 Å². The van der Waals surface area contributed by atoms with Gasteiger partial charge in [-0.3, -0.25) is 4.79 Å². The summed E-state index contributed by atoms with van der Waals surface area (Å²) in [5.41, 5.74) is 5.41. The van der Waals surface area contributed by atoms with Crippen molar-refractivity contribution in [2.75, 3.05) is 0 Å². The van der Waals surface area contributed by atoms with Crippen LogP contribution < -0.4 is 11.1 Å². The van der Waals surface area contributed by atoms with Crippen molar-refractivity contribution in [3.63, 3.8) is 0 Å². The SMILES string of the molecule is CC(C)NC(=O)C[C@H](C)N. The monoisotopic (exact) mass is 144 g/mol. The van der Waals surface area contributed by atoms with Gasteiger partial charge in [-0.25, -0.2) is 0 Å². The molecule has 0 heterocycles. The predicted molar refractivity (Wildman–Crippen MR) is 41.5 cm³/mol. The van der Waals surface area contributed by atoms with Crippen LogP contribution >= 0.6 is 0 Å². The van der Waals surface area contributed by atoms with Gasteiger partial charge in [0.15, 0.2) is 0 Å². The maximum absolute atomic E-state index is 10.9. The summed E-state index contributed by atoms with van der Waals surface area (Å²) in [7, 11) is 0. The topological polar surface area (TPSA) is 55.1 Å². The largest absolute Gasteiger partial charge is 0.354 e. The minimum Gasteiger partial charge on any atom is -0.354 e. The second kappa shape index (κ2) is 4.28. The first-order valence-corrected chi connectivity index (χ1v) is 3.57. The minimum absolute atomic E-state index is 0.0324. The summed E-state index contributed by atoms with van der Waals surface area (Å²) in [5.74, 6) is 0.0324. The number of nitrogens with one attached hydrogen (secondary N) is 1. The average molecular weight is 144 g/mol. The number of carbonyl (C=O) groups excluding carboxylic acids is 1. The van der Waals surface area contributed by atoms with Crippen molar-refractivity contribution in [1.29, 1.82) is 0 Å². The summed E-state index contributed by atoms with van der Waals surface area (Å²) in [6.07, 6.45) is 0.415. The molecule has 3 N–H and O–H groups in total. The van der Waals surface area contributed by atoms with Gasteiger partial charge in [0.2, 0.25) is 5.91 Å². The molecule has 0 aliphatic heterocycles. The second-order valence-corrected chi connectivity index (χ2v) is 2.90. The van der Waals surface area contributed by atoms with Gasteiger partial charge in [-0.1, -0.05) is 0 Å². The Labute approximate surface area is 62.0 Å². The van der Waals surface area contributed by atoms with Crippen LogP contribution in [0.1, 0.15) is 27.2 Å². The molecule has 0 spiro atoms. The molecule has 3 heteroatoms. The summed E-state index contributed by atoms with van der Waals surface area (Å²) >= 11 is 0. The maximum atomic E-state index is 10.9. The summed E-state index contributed by atoms with van der Waals surface area (Å²) in [5, 5.41) is 2.76. The molecule has 0 rings (SSSR count). The number of nitrogens with two attached hydrogens (primary N) is 1. The van der Waals surface area contributed by atoms with E-state index in [4.69, 9.17) is 5.73 Å². The van der Waals surface area contributed by atoms with E-state index in [0.29, 0.717) is 6.42 Å². The lowest BCUT2D eigenvalue weighted by Crippen LogP contribution is -2.34. The van der Waals surface area contributed by atoms with Crippen molar-refractivity contribution in [1.82, 2.24) is 5.32 Å². The van der Waals surface area contributed by atoms with Gasteiger partial charge in [0.25, 0.3) is 0 Å². The predicted octanol–water partition coefficient (Wildman–Crippen LogP) is 0.248. The van der Waals surface area contributed by atoms with Crippen LogP contribution in [0.2, 0.25) is 0 Å². The minimum atomic E-state index is -0.0428. The molecule has 0 aromatic carbocycles. The summed E-state index contributed by atoms with van der Waals surface area (Å²) < 4.78 is 0. The first-order valence-electron chi connectivity index (χ1n) is 3.57. The van der Waals surface area contributed by atoms with Crippen molar-refractivity contribution < 1.29 is 4.79 Å². The molecule has 0 saturated carbocycles. The Bertz CT molecular complexity index is 98.2. The average Bonchev–Trinajstić information content (AvgIpc) is 1.58. The highest BCUT2D eigenvalue weighted by Crippen LogP contribution is 1.86. The molecule has 0 unspecified atom stereocenters. The Morgan fingerprint density at radius 1 is 1.50 bits per heavy atom. The van der Waals surface area contributed by atoms with Crippen molar-refractivity contribution in [2.24, 2.45) is 5.73 Å². The molecule has 0 saturated heterocycles. The van der Waals surface area contributed by atoms with Crippen LogP contribution in [0.5, 0.6) is 0 Å². The molecule has 3 nitrogen and oxygen atoms in total. The molecule has 1 amide bonds. The van der Waals surface area contributed by atoms with E-state index in [9.17, 15) is 4.79 Å². The van der Waals surface area contributed by atoms with Crippen LogP contribution in [0.25, 0.3) is 0 Å². The highest BCUT2D eigenvalue weighted by molar-refractivity contribution is 5.76. The third kappa shape index (κ3) is 5.56.